The van der Waals surface area contributed by atoms with E-state index in [1.165, 1.54) is 29.7 Å². The van der Waals surface area contributed by atoms with E-state index in [4.69, 9.17) is 0 Å². The zero-order valence-electron chi connectivity index (χ0n) is 12.1. The second-order valence-corrected chi connectivity index (χ2v) is 4.58. The van der Waals surface area contributed by atoms with Gasteiger partial charge in [0, 0.05) is 31.0 Å². The molecule has 0 saturated carbocycles. The molecule has 2 heterocycles. The summed E-state index contributed by atoms with van der Waals surface area (Å²) in [4.78, 5) is 6.74. The van der Waals surface area contributed by atoms with Crippen LogP contribution in [0.25, 0.3) is 11.3 Å². The molecule has 19 heavy (non-hydrogen) atoms. The number of hydrogen-bond acceptors (Lipinski definition) is 2. The standard InChI is InChI=1S/C15H16N2.C2H6/c1-17-10-4-5-13-11-12(7-8-15(13)17)14-6-2-3-9-16-14;1-2/h2-3,6-9,11H,4-5,10H2,1H3;1-2H3. The highest BCUT2D eigenvalue weighted by atomic mass is 15.1. The van der Waals surface area contributed by atoms with Crippen LogP contribution in [-0.4, -0.2) is 18.6 Å². The minimum atomic E-state index is 1.06. The number of benzene rings is 1. The van der Waals surface area contributed by atoms with Crippen LogP contribution in [0.1, 0.15) is 25.8 Å². The lowest BCUT2D eigenvalue weighted by molar-refractivity contribution is 0.745. The predicted molar refractivity (Wildman–Crippen MR) is 82.6 cm³/mol. The van der Waals surface area contributed by atoms with Gasteiger partial charge < -0.3 is 4.90 Å². The van der Waals surface area contributed by atoms with Crippen molar-refractivity contribution < 1.29 is 0 Å². The molecule has 1 aliphatic heterocycles. The Morgan fingerprint density at radius 2 is 1.95 bits per heavy atom. The number of hydrogen-bond donors (Lipinski definition) is 0. The lowest BCUT2D eigenvalue weighted by Gasteiger charge is -2.27. The Bertz CT molecular complexity index is 520. The average molecular weight is 254 g/mol. The highest BCUT2D eigenvalue weighted by Gasteiger charge is 2.14. The van der Waals surface area contributed by atoms with Crippen molar-refractivity contribution in [2.75, 3.05) is 18.5 Å². The number of nitrogens with zero attached hydrogens (tertiary/aromatic N) is 2. The molecular weight excluding hydrogens is 232 g/mol. The fourth-order valence-corrected chi connectivity index (χ4v) is 2.48. The summed E-state index contributed by atoms with van der Waals surface area (Å²) in [5, 5.41) is 0. The van der Waals surface area contributed by atoms with Gasteiger partial charge in [-0.3, -0.25) is 4.98 Å². The van der Waals surface area contributed by atoms with Crippen LogP contribution in [0.3, 0.4) is 0 Å². The van der Waals surface area contributed by atoms with E-state index < -0.39 is 0 Å². The first-order chi connectivity index (χ1) is 9.34. The molecule has 2 heteroatoms. The van der Waals surface area contributed by atoms with Gasteiger partial charge in [0.25, 0.3) is 0 Å². The quantitative estimate of drug-likeness (QED) is 0.759. The molecule has 0 unspecified atom stereocenters. The van der Waals surface area contributed by atoms with Gasteiger partial charge in [0.05, 0.1) is 5.69 Å². The molecule has 2 aromatic rings. The number of fused-ring (bicyclic) bond motifs is 1. The minimum absolute atomic E-state index is 1.06. The molecule has 0 fully saturated rings. The van der Waals surface area contributed by atoms with Crippen LogP contribution in [0.15, 0.2) is 42.6 Å². The van der Waals surface area contributed by atoms with Gasteiger partial charge >= 0.3 is 0 Å². The van der Waals surface area contributed by atoms with Gasteiger partial charge in [0.15, 0.2) is 0 Å². The molecular formula is C17H22N2. The number of anilines is 1. The summed E-state index contributed by atoms with van der Waals surface area (Å²) >= 11 is 0. The summed E-state index contributed by atoms with van der Waals surface area (Å²) in [6.45, 7) is 5.16. The van der Waals surface area contributed by atoms with Gasteiger partial charge in [0.2, 0.25) is 0 Å². The second kappa shape index (κ2) is 6.37. The van der Waals surface area contributed by atoms with Crippen LogP contribution in [0.4, 0.5) is 5.69 Å². The van der Waals surface area contributed by atoms with Crippen molar-refractivity contribution in [3.63, 3.8) is 0 Å². The molecule has 3 rings (SSSR count). The summed E-state index contributed by atoms with van der Waals surface area (Å²) in [6.07, 6.45) is 4.27. The van der Waals surface area contributed by atoms with Crippen LogP contribution in [-0.2, 0) is 6.42 Å². The third-order valence-electron chi connectivity index (χ3n) is 3.39. The monoisotopic (exact) mass is 254 g/mol. The number of rotatable bonds is 1. The van der Waals surface area contributed by atoms with E-state index in [0.717, 1.165) is 12.2 Å². The molecule has 0 spiro atoms. The van der Waals surface area contributed by atoms with Crippen LogP contribution in [0, 0.1) is 0 Å². The molecule has 1 aliphatic rings. The summed E-state index contributed by atoms with van der Waals surface area (Å²) < 4.78 is 0. The molecule has 0 bridgehead atoms. The molecule has 100 valence electrons. The average Bonchev–Trinajstić information content (AvgIpc) is 2.50. The van der Waals surface area contributed by atoms with E-state index in [-0.39, 0.29) is 0 Å². The third-order valence-corrected chi connectivity index (χ3v) is 3.39. The van der Waals surface area contributed by atoms with Crippen LogP contribution in [0.2, 0.25) is 0 Å². The van der Waals surface area contributed by atoms with Crippen LogP contribution in [0.5, 0.6) is 0 Å². The third kappa shape index (κ3) is 2.95. The Labute approximate surface area is 116 Å². The Kier molecular flexibility index (Phi) is 4.56. The zero-order chi connectivity index (χ0) is 13.7. The van der Waals surface area contributed by atoms with E-state index in [1.807, 2.05) is 32.2 Å². The Hall–Kier alpha value is -1.83. The normalized spacial score (nSPS) is 13.3. The Morgan fingerprint density at radius 1 is 1.11 bits per heavy atom. The minimum Gasteiger partial charge on any atom is -0.374 e. The highest BCUT2D eigenvalue weighted by molar-refractivity contribution is 5.67. The van der Waals surface area contributed by atoms with Crippen molar-refractivity contribution in [1.82, 2.24) is 4.98 Å². The van der Waals surface area contributed by atoms with Crippen LogP contribution < -0.4 is 4.90 Å². The predicted octanol–water partition coefficient (Wildman–Crippen LogP) is 4.16. The number of pyridine rings is 1. The van der Waals surface area contributed by atoms with Crippen molar-refractivity contribution in [3.05, 3.63) is 48.2 Å². The van der Waals surface area contributed by atoms with Crippen molar-refractivity contribution in [2.24, 2.45) is 0 Å². The van der Waals surface area contributed by atoms with Gasteiger partial charge in [-0.1, -0.05) is 26.0 Å². The molecule has 0 N–H and O–H groups in total. The molecule has 0 atom stereocenters. The van der Waals surface area contributed by atoms with Crippen molar-refractivity contribution in [2.45, 2.75) is 26.7 Å². The SMILES string of the molecule is CC.CN1CCCc2cc(-c3ccccn3)ccc21. The largest absolute Gasteiger partial charge is 0.374 e. The fraction of sp³-hybridized carbons (Fsp3) is 0.353. The second-order valence-electron chi connectivity index (χ2n) is 4.58. The summed E-state index contributed by atoms with van der Waals surface area (Å²) in [5.74, 6) is 0. The molecule has 1 aromatic carbocycles. The smallest absolute Gasteiger partial charge is 0.0702 e. The van der Waals surface area contributed by atoms with Gasteiger partial charge in [-0.05, 0) is 42.7 Å². The lowest BCUT2D eigenvalue weighted by atomic mass is 9.98. The van der Waals surface area contributed by atoms with Gasteiger partial charge in [-0.2, -0.15) is 0 Å². The maximum Gasteiger partial charge on any atom is 0.0702 e. The van der Waals surface area contributed by atoms with Crippen molar-refractivity contribution >= 4 is 5.69 Å². The first-order valence-electron chi connectivity index (χ1n) is 7.10. The van der Waals surface area contributed by atoms with E-state index in [0.29, 0.717) is 0 Å². The lowest BCUT2D eigenvalue weighted by Crippen LogP contribution is -2.24. The summed E-state index contributed by atoms with van der Waals surface area (Å²) in [6, 6.07) is 12.7. The Morgan fingerprint density at radius 3 is 2.68 bits per heavy atom. The summed E-state index contributed by atoms with van der Waals surface area (Å²) in [7, 11) is 2.17. The number of aryl methyl sites for hydroxylation is 1. The highest BCUT2D eigenvalue weighted by Crippen LogP contribution is 2.29. The van der Waals surface area contributed by atoms with Crippen molar-refractivity contribution in [3.8, 4) is 11.3 Å². The fourth-order valence-electron chi connectivity index (χ4n) is 2.48. The maximum atomic E-state index is 4.40. The first-order valence-corrected chi connectivity index (χ1v) is 7.10. The van der Waals surface area contributed by atoms with E-state index >= 15 is 0 Å². The zero-order valence-corrected chi connectivity index (χ0v) is 12.1. The van der Waals surface area contributed by atoms with Gasteiger partial charge in [0.1, 0.15) is 0 Å². The van der Waals surface area contributed by atoms with E-state index in [9.17, 15) is 0 Å². The number of aromatic nitrogens is 1. The molecule has 2 nitrogen and oxygen atoms in total. The van der Waals surface area contributed by atoms with Gasteiger partial charge in [-0.15, -0.1) is 0 Å². The Balaban J connectivity index is 0.000000637. The topological polar surface area (TPSA) is 16.1 Å². The first kappa shape index (κ1) is 13.6. The maximum absolute atomic E-state index is 4.40. The molecule has 0 saturated heterocycles. The molecule has 0 radical (unpaired) electrons. The molecule has 0 aliphatic carbocycles. The van der Waals surface area contributed by atoms with Crippen LogP contribution >= 0.6 is 0 Å². The summed E-state index contributed by atoms with van der Waals surface area (Å²) in [5.41, 5.74) is 5.10. The van der Waals surface area contributed by atoms with Crippen molar-refractivity contribution in [1.29, 1.82) is 0 Å². The molecule has 0 amide bonds. The van der Waals surface area contributed by atoms with Gasteiger partial charge in [-0.25, -0.2) is 0 Å². The van der Waals surface area contributed by atoms with E-state index in [2.05, 4.69) is 41.2 Å². The van der Waals surface area contributed by atoms with E-state index in [1.54, 1.807) is 0 Å². The molecule has 1 aromatic heterocycles.